The Kier molecular flexibility index (Phi) is 6.55. The van der Waals surface area contributed by atoms with Gasteiger partial charge < -0.3 is 10.0 Å². The van der Waals surface area contributed by atoms with Crippen LogP contribution in [0.3, 0.4) is 0 Å². The van der Waals surface area contributed by atoms with Crippen LogP contribution in [0, 0.1) is 5.92 Å². The molecular weight excluding hydrogens is 364 g/mol. The van der Waals surface area contributed by atoms with Crippen molar-refractivity contribution < 1.29 is 18.3 Å². The van der Waals surface area contributed by atoms with Gasteiger partial charge in [-0.3, -0.25) is 4.79 Å². The number of amides is 1. The van der Waals surface area contributed by atoms with Crippen molar-refractivity contribution in [1.29, 1.82) is 0 Å². The number of benzene rings is 1. The number of rotatable bonds is 5. The highest BCUT2D eigenvalue weighted by atomic mass is 32.2. The van der Waals surface area contributed by atoms with Crippen LogP contribution in [0.1, 0.15) is 44.1 Å². The molecule has 0 aromatic heterocycles. The van der Waals surface area contributed by atoms with Gasteiger partial charge in [-0.15, -0.1) is 0 Å². The van der Waals surface area contributed by atoms with Gasteiger partial charge in [-0.05, 0) is 31.2 Å². The van der Waals surface area contributed by atoms with Crippen molar-refractivity contribution in [1.82, 2.24) is 9.21 Å². The van der Waals surface area contributed by atoms with E-state index in [9.17, 15) is 18.3 Å². The maximum absolute atomic E-state index is 12.8. The van der Waals surface area contributed by atoms with Gasteiger partial charge in [0.25, 0.3) is 0 Å². The first-order chi connectivity index (χ1) is 12.9. The minimum atomic E-state index is -3.37. The van der Waals surface area contributed by atoms with Crippen molar-refractivity contribution in [2.75, 3.05) is 20.1 Å². The van der Waals surface area contributed by atoms with E-state index in [0.717, 1.165) is 31.2 Å². The molecule has 0 unspecified atom stereocenters. The second kappa shape index (κ2) is 8.71. The smallest absolute Gasteiger partial charge is 0.225 e. The number of nitrogens with zero attached hydrogens (tertiary/aromatic N) is 2. The molecule has 1 saturated heterocycles. The summed E-state index contributed by atoms with van der Waals surface area (Å²) in [5.74, 6) is -0.117. The van der Waals surface area contributed by atoms with Crippen LogP contribution in [0.4, 0.5) is 0 Å². The van der Waals surface area contributed by atoms with E-state index in [1.54, 1.807) is 11.9 Å². The molecule has 150 valence electrons. The van der Waals surface area contributed by atoms with E-state index in [4.69, 9.17) is 0 Å². The second-order valence-electron chi connectivity index (χ2n) is 7.78. The molecule has 0 bridgehead atoms. The minimum absolute atomic E-state index is 0.000617. The Morgan fingerprint density at radius 1 is 1.11 bits per heavy atom. The Labute approximate surface area is 162 Å². The predicted octanol–water partition coefficient (Wildman–Crippen LogP) is 1.99. The zero-order valence-electron chi connectivity index (χ0n) is 16.0. The normalized spacial score (nSPS) is 25.3. The third-order valence-corrected chi connectivity index (χ3v) is 7.78. The quantitative estimate of drug-likeness (QED) is 0.828. The molecule has 1 heterocycles. The third-order valence-electron chi connectivity index (χ3n) is 5.93. The Bertz CT molecular complexity index is 730. The van der Waals surface area contributed by atoms with E-state index >= 15 is 0 Å². The average Bonchev–Trinajstić information content (AvgIpc) is 2.68. The van der Waals surface area contributed by atoms with Gasteiger partial charge in [0.05, 0.1) is 17.9 Å². The zero-order chi connectivity index (χ0) is 19.4. The Hall–Kier alpha value is -1.44. The molecule has 1 aromatic rings. The SMILES string of the molecule is CN(C(=O)C1CCN(S(=O)(=O)Cc2ccccc2)CC1)[C@@H]1CCCC[C@@H]1O. The minimum Gasteiger partial charge on any atom is -0.391 e. The first-order valence-corrected chi connectivity index (χ1v) is 11.5. The summed E-state index contributed by atoms with van der Waals surface area (Å²) in [6.07, 6.45) is 4.28. The number of piperidine rings is 1. The summed E-state index contributed by atoms with van der Waals surface area (Å²) in [4.78, 5) is 14.5. The van der Waals surface area contributed by atoms with Gasteiger partial charge in [-0.25, -0.2) is 12.7 Å². The molecule has 6 nitrogen and oxygen atoms in total. The molecule has 0 radical (unpaired) electrons. The van der Waals surface area contributed by atoms with Gasteiger partial charge in [0, 0.05) is 26.1 Å². The molecule has 2 atom stereocenters. The number of likely N-dealkylation sites (N-methyl/N-ethyl adjacent to an activating group) is 1. The standard InChI is InChI=1S/C20H30N2O4S/c1-21(18-9-5-6-10-19(18)23)20(24)17-11-13-22(14-12-17)27(25,26)15-16-7-3-2-4-8-16/h2-4,7-8,17-19,23H,5-6,9-15H2,1H3/t18-,19+/m1/s1. The topological polar surface area (TPSA) is 77.9 Å². The molecule has 1 saturated carbocycles. The lowest BCUT2D eigenvalue weighted by Crippen LogP contribution is -2.50. The van der Waals surface area contributed by atoms with E-state index in [-0.39, 0.29) is 23.6 Å². The average molecular weight is 395 g/mol. The van der Waals surface area contributed by atoms with E-state index in [0.29, 0.717) is 25.9 Å². The zero-order valence-corrected chi connectivity index (χ0v) is 16.8. The fourth-order valence-corrected chi connectivity index (χ4v) is 5.82. The van der Waals surface area contributed by atoms with Crippen molar-refractivity contribution in [3.63, 3.8) is 0 Å². The van der Waals surface area contributed by atoms with Crippen LogP contribution in [-0.4, -0.2) is 60.9 Å². The maximum Gasteiger partial charge on any atom is 0.225 e. The van der Waals surface area contributed by atoms with Crippen LogP contribution in [0.5, 0.6) is 0 Å². The number of hydrogen-bond acceptors (Lipinski definition) is 4. The Balaban J connectivity index is 1.55. The van der Waals surface area contributed by atoms with Gasteiger partial charge >= 0.3 is 0 Å². The number of carbonyl (C=O) groups is 1. The number of aliphatic hydroxyl groups excluding tert-OH is 1. The number of hydrogen-bond donors (Lipinski definition) is 1. The molecule has 1 aromatic carbocycles. The van der Waals surface area contributed by atoms with Crippen molar-refractivity contribution in [3.8, 4) is 0 Å². The van der Waals surface area contributed by atoms with E-state index in [1.165, 1.54) is 4.31 Å². The van der Waals surface area contributed by atoms with Gasteiger partial charge in [0.1, 0.15) is 0 Å². The van der Waals surface area contributed by atoms with Gasteiger partial charge in [0.2, 0.25) is 15.9 Å². The largest absolute Gasteiger partial charge is 0.391 e. The lowest BCUT2D eigenvalue weighted by atomic mass is 9.89. The van der Waals surface area contributed by atoms with Crippen molar-refractivity contribution in [2.24, 2.45) is 5.92 Å². The molecule has 27 heavy (non-hydrogen) atoms. The summed E-state index contributed by atoms with van der Waals surface area (Å²) < 4.78 is 26.8. The fourth-order valence-electron chi connectivity index (χ4n) is 4.25. The molecule has 0 spiro atoms. The number of aliphatic hydroxyl groups is 1. The van der Waals surface area contributed by atoms with E-state index < -0.39 is 16.1 Å². The highest BCUT2D eigenvalue weighted by Gasteiger charge is 2.36. The fraction of sp³-hybridized carbons (Fsp3) is 0.650. The summed E-state index contributed by atoms with van der Waals surface area (Å²) in [6, 6.07) is 9.08. The molecule has 3 rings (SSSR count). The summed E-state index contributed by atoms with van der Waals surface area (Å²) in [5.41, 5.74) is 0.779. The molecule has 1 aliphatic heterocycles. The monoisotopic (exact) mass is 394 g/mol. The van der Waals surface area contributed by atoms with Crippen LogP contribution >= 0.6 is 0 Å². The Morgan fingerprint density at radius 2 is 1.74 bits per heavy atom. The summed E-state index contributed by atoms with van der Waals surface area (Å²) in [7, 11) is -1.59. The highest BCUT2D eigenvalue weighted by Crippen LogP contribution is 2.27. The van der Waals surface area contributed by atoms with Crippen LogP contribution in [-0.2, 0) is 20.6 Å². The van der Waals surface area contributed by atoms with Crippen molar-refractivity contribution >= 4 is 15.9 Å². The van der Waals surface area contributed by atoms with Crippen LogP contribution in [0.15, 0.2) is 30.3 Å². The molecule has 7 heteroatoms. The lowest BCUT2D eigenvalue weighted by molar-refractivity contribution is -0.141. The van der Waals surface area contributed by atoms with Gasteiger partial charge in [-0.1, -0.05) is 43.2 Å². The maximum atomic E-state index is 12.8. The molecule has 2 fully saturated rings. The number of sulfonamides is 1. The van der Waals surface area contributed by atoms with E-state index in [1.807, 2.05) is 30.3 Å². The predicted molar refractivity (Wildman–Crippen MR) is 104 cm³/mol. The molecule has 2 aliphatic rings. The first kappa shape index (κ1) is 20.3. The molecule has 1 N–H and O–H groups in total. The summed E-state index contributed by atoms with van der Waals surface area (Å²) >= 11 is 0. The molecule has 1 amide bonds. The van der Waals surface area contributed by atoms with Crippen LogP contribution in [0.2, 0.25) is 0 Å². The lowest BCUT2D eigenvalue weighted by Gasteiger charge is -2.38. The van der Waals surface area contributed by atoms with Gasteiger partial charge in [-0.2, -0.15) is 0 Å². The van der Waals surface area contributed by atoms with Crippen molar-refractivity contribution in [2.45, 2.75) is 56.4 Å². The van der Waals surface area contributed by atoms with Crippen LogP contribution < -0.4 is 0 Å². The van der Waals surface area contributed by atoms with Gasteiger partial charge in [0.15, 0.2) is 0 Å². The van der Waals surface area contributed by atoms with Crippen molar-refractivity contribution in [3.05, 3.63) is 35.9 Å². The second-order valence-corrected chi connectivity index (χ2v) is 9.75. The first-order valence-electron chi connectivity index (χ1n) is 9.85. The highest BCUT2D eigenvalue weighted by molar-refractivity contribution is 7.88. The van der Waals surface area contributed by atoms with E-state index in [2.05, 4.69) is 0 Å². The summed E-state index contributed by atoms with van der Waals surface area (Å²) in [5, 5.41) is 10.2. The molecule has 1 aliphatic carbocycles. The third kappa shape index (κ3) is 4.89. The summed E-state index contributed by atoms with van der Waals surface area (Å²) in [6.45, 7) is 0.763. The molecular formula is C20H30N2O4S. The van der Waals surface area contributed by atoms with Crippen LogP contribution in [0.25, 0.3) is 0 Å². The number of carbonyl (C=O) groups excluding carboxylic acids is 1. The Morgan fingerprint density at radius 3 is 2.37 bits per heavy atom.